The fourth-order valence-electron chi connectivity index (χ4n) is 4.36. The summed E-state index contributed by atoms with van der Waals surface area (Å²) in [6.45, 7) is 0. The van der Waals surface area contributed by atoms with Crippen LogP contribution in [0.25, 0.3) is 10.9 Å². The molecule has 0 amide bonds. The molecule has 0 radical (unpaired) electrons. The molecule has 34 heavy (non-hydrogen) atoms. The van der Waals surface area contributed by atoms with E-state index in [0.717, 1.165) is 18.9 Å². The maximum Gasteiger partial charge on any atom is 0.339 e. The number of aromatic nitrogens is 1. The number of ether oxygens (including phenoxy) is 1. The Morgan fingerprint density at radius 1 is 0.882 bits per heavy atom. The molecule has 0 bridgehead atoms. The third-order valence-electron chi connectivity index (χ3n) is 5.91. The monoisotopic (exact) mass is 503 g/mol. The van der Waals surface area contributed by atoms with Gasteiger partial charge in [-0.15, -0.1) is 0 Å². The molecule has 1 aromatic heterocycles. The number of pyridine rings is 1. The highest BCUT2D eigenvalue weighted by Gasteiger charge is 2.36. The molecule has 1 saturated carbocycles. The Kier molecular flexibility index (Phi) is 6.38. The van der Waals surface area contributed by atoms with Crippen LogP contribution < -0.4 is 9.74 Å². The van der Waals surface area contributed by atoms with Crippen molar-refractivity contribution in [1.82, 2.24) is 4.98 Å². The molecule has 1 heterocycles. The second kappa shape index (κ2) is 8.99. The molecular weight excluding hydrogens is 485 g/mol. The Labute approximate surface area is 190 Å². The summed E-state index contributed by atoms with van der Waals surface area (Å²) in [5.74, 6) is -14.4. The van der Waals surface area contributed by atoms with Crippen molar-refractivity contribution in [3.05, 3.63) is 69.3 Å². The first kappa shape index (κ1) is 24.1. The topological polar surface area (TPSA) is 85.5 Å². The fraction of sp³-hybridized carbons (Fsp3) is 0.318. The van der Waals surface area contributed by atoms with Crippen LogP contribution in [-0.4, -0.2) is 26.6 Å². The van der Waals surface area contributed by atoms with Crippen LogP contribution in [0.15, 0.2) is 34.0 Å². The van der Waals surface area contributed by atoms with Gasteiger partial charge in [-0.25, -0.2) is 13.2 Å². The van der Waals surface area contributed by atoms with Crippen molar-refractivity contribution in [2.75, 3.05) is 7.11 Å². The average molecular weight is 503 g/mol. The van der Waals surface area contributed by atoms with Gasteiger partial charge in [0.05, 0.1) is 6.10 Å². The van der Waals surface area contributed by atoms with Crippen LogP contribution in [0.2, 0.25) is 0 Å². The van der Waals surface area contributed by atoms with E-state index >= 15 is 0 Å². The maximum atomic E-state index is 14.1. The predicted molar refractivity (Wildman–Crippen MR) is 111 cm³/mol. The highest BCUT2D eigenvalue weighted by Crippen LogP contribution is 2.42. The van der Waals surface area contributed by atoms with E-state index in [4.69, 9.17) is 4.74 Å². The molecule has 0 aliphatic heterocycles. The minimum Gasteiger partial charge on any atom is -0.381 e. The van der Waals surface area contributed by atoms with Gasteiger partial charge in [0.25, 0.3) is 0 Å². The minimum absolute atomic E-state index is 0.157. The molecule has 1 fully saturated rings. The van der Waals surface area contributed by atoms with Gasteiger partial charge in [0.2, 0.25) is 40.4 Å². The summed E-state index contributed by atoms with van der Waals surface area (Å²) >= 11 is 0. The van der Waals surface area contributed by atoms with Gasteiger partial charge in [-0.2, -0.15) is 17.2 Å². The molecule has 2 unspecified atom stereocenters. The first-order valence-electron chi connectivity index (χ1n) is 10.2. The molecule has 0 spiro atoms. The second-order valence-electron chi connectivity index (χ2n) is 7.86. The van der Waals surface area contributed by atoms with Crippen molar-refractivity contribution in [1.29, 1.82) is 0 Å². The van der Waals surface area contributed by atoms with Crippen LogP contribution >= 0.6 is 0 Å². The van der Waals surface area contributed by atoms with E-state index in [0.29, 0.717) is 18.2 Å². The summed E-state index contributed by atoms with van der Waals surface area (Å²) in [5, 5.41) is 0.315. The van der Waals surface area contributed by atoms with Crippen LogP contribution in [0, 0.1) is 29.1 Å². The number of rotatable bonds is 5. The molecule has 182 valence electrons. The third-order valence-corrected chi connectivity index (χ3v) is 7.20. The normalized spacial score (nSPS) is 18.9. The van der Waals surface area contributed by atoms with Gasteiger partial charge >= 0.3 is 10.1 Å². The van der Waals surface area contributed by atoms with Crippen LogP contribution in [0.5, 0.6) is 5.75 Å². The summed E-state index contributed by atoms with van der Waals surface area (Å²) in [7, 11) is -3.65. The molecule has 12 heteroatoms. The zero-order valence-electron chi connectivity index (χ0n) is 17.6. The first-order valence-corrected chi connectivity index (χ1v) is 11.6. The number of methoxy groups -OCH3 is 1. The lowest BCUT2D eigenvalue weighted by molar-refractivity contribution is 0.0519. The smallest absolute Gasteiger partial charge is 0.339 e. The zero-order valence-corrected chi connectivity index (χ0v) is 18.4. The van der Waals surface area contributed by atoms with Gasteiger partial charge < -0.3 is 13.9 Å². The summed E-state index contributed by atoms with van der Waals surface area (Å²) in [6.07, 6.45) is 2.21. The molecular formula is C22H18F5NO5S. The standard InChI is InChI=1S/C22H18F5NO5S/c1-32-13-5-3-2-4-11(13)16-10-6-9-15(29)28-12(10)7-8-14(16)34(30,31)33-22-20(26)18(24)17(23)19(25)21(22)27/h6-9,11,13H,2-5H2,1H3,(H,28,29). The highest BCUT2D eigenvalue weighted by molar-refractivity contribution is 7.87. The van der Waals surface area contributed by atoms with Crippen LogP contribution in [-0.2, 0) is 14.9 Å². The SMILES string of the molecule is COC1CCCCC1c1c(S(=O)(=O)Oc2c(F)c(F)c(F)c(F)c2F)ccc2[nH]c(=O)ccc12. The summed E-state index contributed by atoms with van der Waals surface area (Å²) in [5.41, 5.74) is 0.000859. The lowest BCUT2D eigenvalue weighted by Gasteiger charge is -2.32. The third kappa shape index (κ3) is 4.05. The minimum atomic E-state index is -5.10. The van der Waals surface area contributed by atoms with Gasteiger partial charge in [0, 0.05) is 30.0 Å². The van der Waals surface area contributed by atoms with Crippen LogP contribution in [0.3, 0.4) is 0 Å². The molecule has 2 atom stereocenters. The largest absolute Gasteiger partial charge is 0.381 e. The van der Waals surface area contributed by atoms with E-state index in [1.54, 1.807) is 0 Å². The van der Waals surface area contributed by atoms with Crippen molar-refractivity contribution < 1.29 is 39.3 Å². The number of aromatic amines is 1. The van der Waals surface area contributed by atoms with Crippen molar-refractivity contribution in [2.24, 2.45) is 0 Å². The van der Waals surface area contributed by atoms with E-state index < -0.39 is 67.4 Å². The average Bonchev–Trinajstić information content (AvgIpc) is 2.83. The van der Waals surface area contributed by atoms with Gasteiger partial charge in [-0.05, 0) is 36.6 Å². The van der Waals surface area contributed by atoms with Gasteiger partial charge in [0.1, 0.15) is 4.90 Å². The molecule has 0 saturated heterocycles. The van der Waals surface area contributed by atoms with E-state index in [-0.39, 0.29) is 11.1 Å². The molecule has 3 aromatic rings. The number of hydrogen-bond acceptors (Lipinski definition) is 5. The quantitative estimate of drug-likeness (QED) is 0.237. The molecule has 4 rings (SSSR count). The fourth-order valence-corrected chi connectivity index (χ4v) is 5.58. The van der Waals surface area contributed by atoms with E-state index in [2.05, 4.69) is 9.17 Å². The van der Waals surface area contributed by atoms with E-state index in [9.17, 15) is 35.2 Å². The van der Waals surface area contributed by atoms with E-state index in [1.165, 1.54) is 25.3 Å². The summed E-state index contributed by atoms with van der Waals surface area (Å²) < 4.78 is 105. The molecule has 1 aliphatic carbocycles. The Hall–Kier alpha value is -2.99. The molecule has 1 N–H and O–H groups in total. The number of nitrogens with one attached hydrogen (secondary N) is 1. The maximum absolute atomic E-state index is 14.1. The van der Waals surface area contributed by atoms with Gasteiger partial charge in [0.15, 0.2) is 0 Å². The van der Waals surface area contributed by atoms with Crippen molar-refractivity contribution in [2.45, 2.75) is 42.6 Å². The Balaban J connectivity index is 1.94. The zero-order chi connectivity index (χ0) is 24.8. The van der Waals surface area contributed by atoms with Crippen molar-refractivity contribution in [3.63, 3.8) is 0 Å². The molecule has 6 nitrogen and oxygen atoms in total. The number of halogens is 5. The van der Waals surface area contributed by atoms with Gasteiger partial charge in [-0.1, -0.05) is 12.8 Å². The Bertz CT molecular complexity index is 1410. The number of hydrogen-bond donors (Lipinski definition) is 1. The molecule has 2 aromatic carbocycles. The van der Waals surface area contributed by atoms with Crippen molar-refractivity contribution in [3.8, 4) is 5.75 Å². The van der Waals surface area contributed by atoms with Crippen molar-refractivity contribution >= 4 is 21.0 Å². The van der Waals surface area contributed by atoms with Crippen LogP contribution in [0.4, 0.5) is 22.0 Å². The number of H-pyrrole nitrogens is 1. The number of benzene rings is 2. The lowest BCUT2D eigenvalue weighted by Crippen LogP contribution is -2.27. The first-order chi connectivity index (χ1) is 16.1. The van der Waals surface area contributed by atoms with Crippen LogP contribution in [0.1, 0.15) is 37.2 Å². The Morgan fingerprint density at radius 3 is 2.15 bits per heavy atom. The number of fused-ring (bicyclic) bond motifs is 1. The Morgan fingerprint density at radius 2 is 1.50 bits per heavy atom. The highest BCUT2D eigenvalue weighted by atomic mass is 32.2. The molecule has 1 aliphatic rings. The van der Waals surface area contributed by atoms with Gasteiger partial charge in [-0.3, -0.25) is 4.79 Å². The predicted octanol–water partition coefficient (Wildman–Crippen LogP) is 4.66. The lowest BCUT2D eigenvalue weighted by atomic mass is 9.80. The van der Waals surface area contributed by atoms with E-state index in [1.807, 2.05) is 0 Å². The second-order valence-corrected chi connectivity index (χ2v) is 9.38. The summed E-state index contributed by atoms with van der Waals surface area (Å²) in [4.78, 5) is 13.8. The summed E-state index contributed by atoms with van der Waals surface area (Å²) in [6, 6.07) is 4.87.